The normalized spacial score (nSPS) is 40.5. The van der Waals surface area contributed by atoms with Crippen LogP contribution in [0.1, 0.15) is 40.0 Å². The Bertz CT molecular complexity index is 328. The van der Waals surface area contributed by atoms with Crippen molar-refractivity contribution < 1.29 is 9.90 Å². The third kappa shape index (κ3) is 1.46. The van der Waals surface area contributed by atoms with Crippen molar-refractivity contribution in [3.63, 3.8) is 0 Å². The summed E-state index contributed by atoms with van der Waals surface area (Å²) >= 11 is 0. The monoisotopic (exact) mass is 222 g/mol. The molecule has 0 spiro atoms. The number of carbonyl (C=O) groups is 1. The maximum atomic E-state index is 12.3. The Morgan fingerprint density at radius 1 is 1.50 bits per heavy atom. The van der Waals surface area contributed by atoms with Gasteiger partial charge < -0.3 is 5.11 Å². The highest BCUT2D eigenvalue weighted by Crippen LogP contribution is 2.54. The van der Waals surface area contributed by atoms with Crippen molar-refractivity contribution in [3.8, 4) is 0 Å². The molecule has 4 unspecified atom stereocenters. The third-order valence-corrected chi connectivity index (χ3v) is 5.01. The minimum atomic E-state index is -0.893. The molecule has 2 nitrogen and oxygen atoms in total. The van der Waals surface area contributed by atoms with Gasteiger partial charge in [0.2, 0.25) is 0 Å². The molecule has 1 N–H and O–H groups in total. The highest BCUT2D eigenvalue weighted by Gasteiger charge is 2.55. The van der Waals surface area contributed by atoms with E-state index in [-0.39, 0.29) is 17.3 Å². The Balaban J connectivity index is 2.31. The predicted molar refractivity (Wildman–Crippen MR) is 63.9 cm³/mol. The lowest BCUT2D eigenvalue weighted by atomic mass is 9.50. The summed E-state index contributed by atoms with van der Waals surface area (Å²) in [5.74, 6) is 0.890. The first-order chi connectivity index (χ1) is 7.30. The zero-order chi connectivity index (χ0) is 12.1. The molecule has 3 saturated carbocycles. The summed E-state index contributed by atoms with van der Waals surface area (Å²) in [4.78, 5) is 12.3. The average Bonchev–Trinajstić information content (AvgIpc) is 2.25. The van der Waals surface area contributed by atoms with E-state index < -0.39 is 5.60 Å². The van der Waals surface area contributed by atoms with Gasteiger partial charge in [-0.25, -0.2) is 0 Å². The summed E-state index contributed by atoms with van der Waals surface area (Å²) in [6, 6.07) is 0. The molecule has 3 fully saturated rings. The molecule has 2 bridgehead atoms. The van der Waals surface area contributed by atoms with Gasteiger partial charge >= 0.3 is 0 Å². The molecular formula is C14H22O2. The second kappa shape index (κ2) is 3.43. The van der Waals surface area contributed by atoms with Gasteiger partial charge in [0.05, 0.1) is 5.60 Å². The largest absolute Gasteiger partial charge is 0.386 e. The average molecular weight is 222 g/mol. The van der Waals surface area contributed by atoms with E-state index >= 15 is 0 Å². The Labute approximate surface area is 97.7 Å². The van der Waals surface area contributed by atoms with E-state index in [0.29, 0.717) is 11.7 Å². The van der Waals surface area contributed by atoms with Crippen molar-refractivity contribution in [2.24, 2.45) is 23.2 Å². The first-order valence-electron chi connectivity index (χ1n) is 6.21. The number of hydrogen-bond donors (Lipinski definition) is 1. The van der Waals surface area contributed by atoms with Gasteiger partial charge in [0.25, 0.3) is 0 Å². The Morgan fingerprint density at radius 3 is 2.62 bits per heavy atom. The summed E-state index contributed by atoms with van der Waals surface area (Å²) in [7, 11) is 0. The molecule has 16 heavy (non-hydrogen) atoms. The minimum absolute atomic E-state index is 0.0352. The van der Waals surface area contributed by atoms with Gasteiger partial charge in [-0.15, -0.1) is 6.58 Å². The fourth-order valence-corrected chi connectivity index (χ4v) is 3.62. The van der Waals surface area contributed by atoms with Gasteiger partial charge in [0, 0.05) is 17.3 Å². The quantitative estimate of drug-likeness (QED) is 0.729. The fourth-order valence-electron chi connectivity index (χ4n) is 3.62. The summed E-state index contributed by atoms with van der Waals surface area (Å²) in [5, 5.41) is 10.3. The van der Waals surface area contributed by atoms with Gasteiger partial charge in [0.1, 0.15) is 5.78 Å². The van der Waals surface area contributed by atoms with Gasteiger partial charge in [-0.3, -0.25) is 4.79 Å². The zero-order valence-electron chi connectivity index (χ0n) is 10.5. The molecule has 0 aromatic rings. The first-order valence-corrected chi connectivity index (χ1v) is 6.21. The minimum Gasteiger partial charge on any atom is -0.386 e. The van der Waals surface area contributed by atoms with Gasteiger partial charge in [0.15, 0.2) is 0 Å². The molecule has 0 amide bonds. The van der Waals surface area contributed by atoms with Crippen LogP contribution in [-0.2, 0) is 4.79 Å². The van der Waals surface area contributed by atoms with Crippen molar-refractivity contribution in [3.05, 3.63) is 12.7 Å². The number of aliphatic hydroxyl groups is 1. The number of Topliss-reactive ketones (excluding diaryl/α,β-unsaturated/α-hetero) is 1. The van der Waals surface area contributed by atoms with E-state index in [2.05, 4.69) is 20.4 Å². The van der Waals surface area contributed by atoms with Crippen LogP contribution >= 0.6 is 0 Å². The number of carbonyl (C=O) groups excluding carboxylic acids is 1. The molecule has 0 heterocycles. The first kappa shape index (κ1) is 11.8. The lowest BCUT2D eigenvalue weighted by Gasteiger charge is -2.53. The summed E-state index contributed by atoms with van der Waals surface area (Å²) < 4.78 is 0. The molecule has 0 aliphatic heterocycles. The second-order valence-electron chi connectivity index (χ2n) is 6.24. The smallest absolute Gasteiger partial charge is 0.142 e. The van der Waals surface area contributed by atoms with Gasteiger partial charge in [-0.05, 0) is 32.1 Å². The van der Waals surface area contributed by atoms with Crippen LogP contribution in [0, 0.1) is 23.2 Å². The molecule has 0 aromatic carbocycles. The summed E-state index contributed by atoms with van der Waals surface area (Å²) in [6.45, 7) is 9.60. The van der Waals surface area contributed by atoms with Crippen molar-refractivity contribution in [2.45, 2.75) is 45.6 Å². The van der Waals surface area contributed by atoms with Crippen LogP contribution in [0.3, 0.4) is 0 Å². The second-order valence-corrected chi connectivity index (χ2v) is 6.24. The van der Waals surface area contributed by atoms with Gasteiger partial charge in [-0.2, -0.15) is 0 Å². The van der Waals surface area contributed by atoms with Crippen LogP contribution in [0.5, 0.6) is 0 Å². The van der Waals surface area contributed by atoms with Crippen LogP contribution in [0.25, 0.3) is 0 Å². The molecule has 90 valence electrons. The molecular weight excluding hydrogens is 200 g/mol. The molecule has 0 saturated heterocycles. The molecule has 0 aromatic heterocycles. The van der Waals surface area contributed by atoms with Crippen LogP contribution in [0.2, 0.25) is 0 Å². The molecule has 4 atom stereocenters. The summed E-state index contributed by atoms with van der Waals surface area (Å²) in [5.41, 5.74) is -1.08. The van der Waals surface area contributed by atoms with Crippen molar-refractivity contribution >= 4 is 5.78 Å². The Morgan fingerprint density at radius 2 is 2.12 bits per heavy atom. The predicted octanol–water partition coefficient (Wildman–Crippen LogP) is 2.56. The van der Waals surface area contributed by atoms with E-state index in [1.54, 1.807) is 13.0 Å². The maximum absolute atomic E-state index is 12.3. The Kier molecular flexibility index (Phi) is 2.54. The van der Waals surface area contributed by atoms with E-state index in [1.807, 2.05) is 0 Å². The maximum Gasteiger partial charge on any atom is 0.142 e. The van der Waals surface area contributed by atoms with E-state index in [1.165, 1.54) is 0 Å². The zero-order valence-corrected chi connectivity index (χ0v) is 10.5. The number of fused-ring (bicyclic) bond motifs is 3. The number of hydrogen-bond acceptors (Lipinski definition) is 2. The standard InChI is InChI=1S/C14H22O2/c1-5-14(4,16)11-8-9-6-7-10(11)12(15)13(9,2)3/h5,9-11,16H,1,6-8H2,2-4H3. The lowest BCUT2D eigenvalue weighted by molar-refractivity contribution is -0.156. The highest BCUT2D eigenvalue weighted by molar-refractivity contribution is 5.88. The van der Waals surface area contributed by atoms with E-state index in [4.69, 9.17) is 0 Å². The number of rotatable bonds is 2. The lowest BCUT2D eigenvalue weighted by Crippen LogP contribution is -2.56. The fraction of sp³-hybridized carbons (Fsp3) is 0.786. The van der Waals surface area contributed by atoms with Crippen molar-refractivity contribution in [1.82, 2.24) is 0 Å². The van der Waals surface area contributed by atoms with Crippen LogP contribution < -0.4 is 0 Å². The third-order valence-electron chi connectivity index (χ3n) is 5.01. The Hall–Kier alpha value is -0.630. The molecule has 0 radical (unpaired) electrons. The topological polar surface area (TPSA) is 37.3 Å². The van der Waals surface area contributed by atoms with Gasteiger partial charge in [-0.1, -0.05) is 19.9 Å². The van der Waals surface area contributed by atoms with Crippen molar-refractivity contribution in [2.75, 3.05) is 0 Å². The van der Waals surface area contributed by atoms with Crippen LogP contribution in [0.15, 0.2) is 12.7 Å². The van der Waals surface area contributed by atoms with Crippen LogP contribution in [-0.4, -0.2) is 16.5 Å². The molecule has 3 aliphatic carbocycles. The van der Waals surface area contributed by atoms with E-state index in [9.17, 15) is 9.90 Å². The van der Waals surface area contributed by atoms with Crippen LogP contribution in [0.4, 0.5) is 0 Å². The summed E-state index contributed by atoms with van der Waals surface area (Å²) in [6.07, 6.45) is 4.63. The van der Waals surface area contributed by atoms with E-state index in [0.717, 1.165) is 19.3 Å². The molecule has 3 aliphatic rings. The number of ketones is 1. The molecule has 2 heteroatoms. The SMILES string of the molecule is C=CC(C)(O)C1CC2CCC1C(=O)C2(C)C. The molecule has 3 rings (SSSR count). The highest BCUT2D eigenvalue weighted by atomic mass is 16.3. The van der Waals surface area contributed by atoms with Crippen molar-refractivity contribution in [1.29, 1.82) is 0 Å².